The molecule has 0 aromatic heterocycles. The molecule has 0 saturated carbocycles. The molecule has 0 aliphatic carbocycles. The van der Waals surface area contributed by atoms with E-state index in [9.17, 15) is 19.8 Å². The zero-order valence-electron chi connectivity index (χ0n) is 17.5. The number of nitrogens with one attached hydrogen (secondary N) is 1. The van der Waals surface area contributed by atoms with Gasteiger partial charge in [0.05, 0.1) is 18.1 Å². The molecule has 0 radical (unpaired) electrons. The first kappa shape index (κ1) is 21.5. The molecule has 0 aromatic rings. The number of nitrogens with zero attached hydrogens (tertiary/aromatic N) is 3. The summed E-state index contributed by atoms with van der Waals surface area (Å²) in [4.78, 5) is 30.8. The van der Waals surface area contributed by atoms with E-state index in [2.05, 4.69) is 4.90 Å². The van der Waals surface area contributed by atoms with Crippen LogP contribution >= 0.6 is 11.8 Å². The van der Waals surface area contributed by atoms with Gasteiger partial charge in [0.2, 0.25) is 5.91 Å². The van der Waals surface area contributed by atoms with Crippen LogP contribution in [0.4, 0.5) is 0 Å². The lowest BCUT2D eigenvalue weighted by Crippen LogP contribution is -2.63. The maximum atomic E-state index is 12.4. The number of aliphatic carboxylic acids is 1. The molecule has 0 spiro atoms. The summed E-state index contributed by atoms with van der Waals surface area (Å²) in [6.07, 6.45) is 1.31. The largest absolute Gasteiger partial charge is 0.477 e. The molecule has 0 aromatic carbocycles. The highest BCUT2D eigenvalue weighted by Crippen LogP contribution is 2.51. The highest BCUT2D eigenvalue weighted by Gasteiger charge is 2.60. The molecule has 4 aliphatic heterocycles. The normalized spacial score (nSPS) is 31.4. The van der Waals surface area contributed by atoms with Gasteiger partial charge in [0, 0.05) is 48.8 Å². The average Bonchev–Trinajstić information content (AvgIpc) is 2.89. The van der Waals surface area contributed by atoms with Crippen molar-refractivity contribution in [3.05, 3.63) is 10.6 Å². The molecular weight excluding hydrogens is 406 g/mol. The number of aliphatic hydroxyl groups excluding tert-OH is 1. The predicted octanol–water partition coefficient (Wildman–Crippen LogP) is 0.163. The Morgan fingerprint density at radius 1 is 1.33 bits per heavy atom. The topological polar surface area (TPSA) is 134 Å². The number of amides is 1. The molecule has 3 saturated heterocycles. The Hall–Kier alpha value is -1.78. The Bertz CT molecular complexity index is 773. The maximum Gasteiger partial charge on any atom is 0.353 e. The third-order valence-electron chi connectivity index (χ3n) is 7.00. The number of guanidine groups is 1. The molecule has 0 bridgehead atoms. The van der Waals surface area contributed by atoms with Gasteiger partial charge < -0.3 is 30.6 Å². The number of carbonyl (C=O) groups excluding carboxylic acids is 1. The Labute approximate surface area is 180 Å². The summed E-state index contributed by atoms with van der Waals surface area (Å²) in [5, 5.41) is 27.5. The molecule has 3 fully saturated rings. The van der Waals surface area contributed by atoms with Crippen molar-refractivity contribution in [3.8, 4) is 0 Å². The second kappa shape index (κ2) is 8.05. The minimum atomic E-state index is -1.06. The van der Waals surface area contributed by atoms with Crippen LogP contribution in [-0.4, -0.2) is 92.9 Å². The van der Waals surface area contributed by atoms with E-state index in [1.165, 1.54) is 4.90 Å². The molecule has 10 heteroatoms. The average molecular weight is 438 g/mol. The van der Waals surface area contributed by atoms with Gasteiger partial charge in [-0.1, -0.05) is 6.92 Å². The fourth-order valence-corrected chi connectivity index (χ4v) is 6.91. The van der Waals surface area contributed by atoms with Crippen LogP contribution in [0.1, 0.15) is 26.7 Å². The van der Waals surface area contributed by atoms with Gasteiger partial charge in [0.15, 0.2) is 5.96 Å². The summed E-state index contributed by atoms with van der Waals surface area (Å²) in [7, 11) is 0. The lowest BCUT2D eigenvalue weighted by Gasteiger charge is -2.46. The van der Waals surface area contributed by atoms with Crippen molar-refractivity contribution in [1.29, 1.82) is 5.41 Å². The minimum Gasteiger partial charge on any atom is -0.477 e. The standard InChI is InChI=1S/C20H31N5O4S/c1-10-15-14(11(2)26)18(27)25(15)16(19(28)29)17(10)30-13-8-23(9-13)7-12-3-5-24(6-4-12)20(21)22/h10-15,26H,3-9H2,1-2H3,(H3,21,22)(H,28,29)/t10-,11?,14-,15-/m1/s1. The molecular formula is C20H31N5O4S. The molecule has 9 nitrogen and oxygen atoms in total. The Morgan fingerprint density at radius 3 is 2.50 bits per heavy atom. The van der Waals surface area contributed by atoms with E-state index in [1.807, 2.05) is 11.8 Å². The lowest BCUT2D eigenvalue weighted by molar-refractivity contribution is -0.163. The van der Waals surface area contributed by atoms with Crippen LogP contribution in [0.25, 0.3) is 0 Å². The van der Waals surface area contributed by atoms with Gasteiger partial charge in [-0.2, -0.15) is 0 Å². The first-order valence-corrected chi connectivity index (χ1v) is 11.5. The van der Waals surface area contributed by atoms with Crippen LogP contribution in [0, 0.1) is 23.2 Å². The van der Waals surface area contributed by atoms with Crippen molar-refractivity contribution >= 4 is 29.6 Å². The van der Waals surface area contributed by atoms with Crippen LogP contribution < -0.4 is 5.73 Å². The zero-order chi connectivity index (χ0) is 21.7. The molecule has 4 rings (SSSR count). The van der Waals surface area contributed by atoms with Crippen molar-refractivity contribution in [2.75, 3.05) is 32.7 Å². The first-order chi connectivity index (χ1) is 14.2. The molecule has 4 aliphatic rings. The summed E-state index contributed by atoms with van der Waals surface area (Å²) >= 11 is 1.60. The molecule has 166 valence electrons. The van der Waals surface area contributed by atoms with Crippen LogP contribution in [-0.2, 0) is 9.59 Å². The number of thioether (sulfide) groups is 1. The number of rotatable bonds is 6. The number of nitrogens with two attached hydrogens (primary N) is 1. The van der Waals surface area contributed by atoms with Crippen LogP contribution in [0.2, 0.25) is 0 Å². The fraction of sp³-hybridized carbons (Fsp3) is 0.750. The Balaban J connectivity index is 1.32. The molecule has 4 heterocycles. The summed E-state index contributed by atoms with van der Waals surface area (Å²) < 4.78 is 0. The highest BCUT2D eigenvalue weighted by atomic mass is 32.2. The smallest absolute Gasteiger partial charge is 0.353 e. The SMILES string of the molecule is CC(O)[C@H]1C(=O)N2C(C(=O)O)=C(SC3CN(CC4CCN(C(=N)N)CC4)C3)[C@H](C)[C@H]12. The number of aliphatic hydroxyl groups is 1. The minimum absolute atomic E-state index is 0.0663. The van der Waals surface area contributed by atoms with Crippen molar-refractivity contribution in [2.24, 2.45) is 23.5 Å². The van der Waals surface area contributed by atoms with Crippen molar-refractivity contribution in [1.82, 2.24) is 14.7 Å². The number of carboxylic acids is 1. The van der Waals surface area contributed by atoms with E-state index >= 15 is 0 Å². The molecule has 30 heavy (non-hydrogen) atoms. The van der Waals surface area contributed by atoms with Crippen LogP contribution in [0.15, 0.2) is 10.6 Å². The predicted molar refractivity (Wildman–Crippen MR) is 114 cm³/mol. The summed E-state index contributed by atoms with van der Waals surface area (Å²) in [5.41, 5.74) is 5.68. The number of fused-ring (bicyclic) bond motifs is 1. The van der Waals surface area contributed by atoms with E-state index in [0.717, 1.165) is 50.5 Å². The maximum absolute atomic E-state index is 12.4. The number of likely N-dealkylation sites (tertiary alicyclic amines) is 2. The van der Waals surface area contributed by atoms with Crippen LogP contribution in [0.5, 0.6) is 0 Å². The van der Waals surface area contributed by atoms with E-state index in [-0.39, 0.29) is 29.5 Å². The van der Waals surface area contributed by atoms with Crippen molar-refractivity contribution < 1.29 is 19.8 Å². The third-order valence-corrected chi connectivity index (χ3v) is 8.45. The highest BCUT2D eigenvalue weighted by molar-refractivity contribution is 8.03. The van der Waals surface area contributed by atoms with E-state index < -0.39 is 18.0 Å². The summed E-state index contributed by atoms with van der Waals surface area (Å²) in [5.74, 6) is -1.14. The third kappa shape index (κ3) is 3.58. The zero-order valence-corrected chi connectivity index (χ0v) is 18.3. The van der Waals surface area contributed by atoms with Crippen molar-refractivity contribution in [3.63, 3.8) is 0 Å². The van der Waals surface area contributed by atoms with Gasteiger partial charge in [-0.25, -0.2) is 4.79 Å². The van der Waals surface area contributed by atoms with Gasteiger partial charge in [0.1, 0.15) is 5.70 Å². The van der Waals surface area contributed by atoms with E-state index in [4.69, 9.17) is 11.1 Å². The van der Waals surface area contributed by atoms with Gasteiger partial charge in [0.25, 0.3) is 0 Å². The second-order valence-electron chi connectivity index (χ2n) is 9.05. The number of carboxylic acid groups (broad SMARTS) is 1. The first-order valence-electron chi connectivity index (χ1n) is 10.7. The quantitative estimate of drug-likeness (QED) is 0.262. The summed E-state index contributed by atoms with van der Waals surface area (Å²) in [6.45, 7) is 8.11. The second-order valence-corrected chi connectivity index (χ2v) is 10.4. The van der Waals surface area contributed by atoms with Gasteiger partial charge in [-0.3, -0.25) is 10.2 Å². The van der Waals surface area contributed by atoms with Gasteiger partial charge >= 0.3 is 5.97 Å². The van der Waals surface area contributed by atoms with E-state index in [1.54, 1.807) is 18.7 Å². The lowest BCUT2D eigenvalue weighted by atomic mass is 9.79. The van der Waals surface area contributed by atoms with E-state index in [0.29, 0.717) is 11.2 Å². The number of piperidine rings is 1. The number of hydrogen-bond donors (Lipinski definition) is 4. The number of hydrogen-bond acceptors (Lipinski definition) is 6. The molecule has 4 atom stereocenters. The molecule has 5 N–H and O–H groups in total. The van der Waals surface area contributed by atoms with Crippen molar-refractivity contribution in [2.45, 2.75) is 44.1 Å². The Kier molecular flexibility index (Phi) is 5.75. The summed E-state index contributed by atoms with van der Waals surface area (Å²) in [6, 6.07) is -0.242. The number of β-lactam (4-membered cyclic amide) rings is 1. The van der Waals surface area contributed by atoms with Gasteiger partial charge in [-0.15, -0.1) is 11.8 Å². The monoisotopic (exact) mass is 437 g/mol. The van der Waals surface area contributed by atoms with Crippen LogP contribution in [0.3, 0.4) is 0 Å². The molecule has 1 unspecified atom stereocenters. The fourth-order valence-electron chi connectivity index (χ4n) is 5.33. The van der Waals surface area contributed by atoms with Gasteiger partial charge in [-0.05, 0) is 25.7 Å². The number of carbonyl (C=O) groups is 2. The Morgan fingerprint density at radius 2 is 1.97 bits per heavy atom. The molecule has 1 amide bonds.